The molecule has 1 atom stereocenters. The zero-order valence-electron chi connectivity index (χ0n) is 13.6. The van der Waals surface area contributed by atoms with Gasteiger partial charge < -0.3 is 4.74 Å². The van der Waals surface area contributed by atoms with Crippen molar-refractivity contribution >= 4 is 27.8 Å². The molecule has 1 aromatic rings. The summed E-state index contributed by atoms with van der Waals surface area (Å²) in [5.74, 6) is -0.698. The molecule has 23 heavy (non-hydrogen) atoms. The standard InChI is InChI=1S/C15H22FNO4S2/c1-10(2)21-15(18)13(7-8-22-4)17-23(19,20)14-9-12(16)6-5-11(14)3/h5-6,9-10,13,17H,7-8H2,1-4H3. The van der Waals surface area contributed by atoms with E-state index in [0.29, 0.717) is 17.7 Å². The largest absolute Gasteiger partial charge is 0.462 e. The van der Waals surface area contributed by atoms with E-state index in [1.54, 1.807) is 20.8 Å². The fourth-order valence-electron chi connectivity index (χ4n) is 1.89. The fraction of sp³-hybridized carbons (Fsp3) is 0.533. The number of hydrogen-bond donors (Lipinski definition) is 1. The van der Waals surface area contributed by atoms with Crippen molar-refractivity contribution in [3.05, 3.63) is 29.6 Å². The Balaban J connectivity index is 3.04. The third kappa shape index (κ3) is 6.12. The third-order valence-corrected chi connectivity index (χ3v) is 5.24. The molecule has 0 saturated heterocycles. The molecule has 130 valence electrons. The molecule has 1 unspecified atom stereocenters. The van der Waals surface area contributed by atoms with Gasteiger partial charge >= 0.3 is 5.97 Å². The van der Waals surface area contributed by atoms with Crippen molar-refractivity contribution < 1.29 is 22.3 Å². The third-order valence-electron chi connectivity index (χ3n) is 2.98. The molecular formula is C15H22FNO4S2. The summed E-state index contributed by atoms with van der Waals surface area (Å²) in [5.41, 5.74) is 0.403. The van der Waals surface area contributed by atoms with E-state index in [1.165, 1.54) is 23.9 Å². The zero-order valence-corrected chi connectivity index (χ0v) is 15.3. The van der Waals surface area contributed by atoms with Gasteiger partial charge in [0.15, 0.2) is 0 Å². The van der Waals surface area contributed by atoms with Gasteiger partial charge in [0, 0.05) is 0 Å². The van der Waals surface area contributed by atoms with E-state index in [4.69, 9.17) is 4.74 Å². The van der Waals surface area contributed by atoms with Crippen LogP contribution in [0.5, 0.6) is 0 Å². The van der Waals surface area contributed by atoms with Crippen molar-refractivity contribution in [1.82, 2.24) is 4.72 Å². The van der Waals surface area contributed by atoms with Crippen LogP contribution in [0.2, 0.25) is 0 Å². The van der Waals surface area contributed by atoms with Crippen LogP contribution >= 0.6 is 11.8 Å². The number of nitrogens with one attached hydrogen (secondary N) is 1. The maximum atomic E-state index is 13.4. The topological polar surface area (TPSA) is 72.5 Å². The molecule has 0 radical (unpaired) electrons. The lowest BCUT2D eigenvalue weighted by Crippen LogP contribution is -2.43. The number of esters is 1. The Labute approximate surface area is 141 Å². The fourth-order valence-corrected chi connectivity index (χ4v) is 3.84. The van der Waals surface area contributed by atoms with E-state index < -0.39 is 27.9 Å². The van der Waals surface area contributed by atoms with Crippen molar-refractivity contribution in [2.75, 3.05) is 12.0 Å². The normalized spacial score (nSPS) is 13.1. The molecule has 0 saturated carbocycles. The number of carbonyl (C=O) groups excluding carboxylic acids is 1. The molecular weight excluding hydrogens is 341 g/mol. The van der Waals surface area contributed by atoms with Crippen LogP contribution in [0.1, 0.15) is 25.8 Å². The van der Waals surface area contributed by atoms with Crippen LogP contribution in [-0.2, 0) is 19.6 Å². The molecule has 1 aromatic carbocycles. The predicted octanol–water partition coefficient (Wildman–Crippen LogP) is 2.49. The first-order valence-corrected chi connectivity index (χ1v) is 10.0. The van der Waals surface area contributed by atoms with Crippen LogP contribution in [-0.4, -0.2) is 38.5 Å². The van der Waals surface area contributed by atoms with Gasteiger partial charge in [-0.05, 0) is 56.9 Å². The zero-order chi connectivity index (χ0) is 17.6. The first-order chi connectivity index (χ1) is 10.7. The van der Waals surface area contributed by atoms with Crippen molar-refractivity contribution in [1.29, 1.82) is 0 Å². The SMILES string of the molecule is CSCCC(NS(=O)(=O)c1cc(F)ccc1C)C(=O)OC(C)C. The van der Waals surface area contributed by atoms with Gasteiger partial charge in [-0.1, -0.05) is 6.07 Å². The summed E-state index contributed by atoms with van der Waals surface area (Å²) in [5, 5.41) is 0. The summed E-state index contributed by atoms with van der Waals surface area (Å²) in [6.07, 6.45) is 1.80. The number of aryl methyl sites for hydroxylation is 1. The second-order valence-corrected chi connectivity index (χ2v) is 8.02. The summed E-state index contributed by atoms with van der Waals surface area (Å²) in [4.78, 5) is 11.9. The Hall–Kier alpha value is -1.12. The second kappa shape index (κ2) is 8.65. The Morgan fingerprint density at radius 1 is 1.39 bits per heavy atom. The monoisotopic (exact) mass is 363 g/mol. The molecule has 1 N–H and O–H groups in total. The minimum absolute atomic E-state index is 0.177. The highest BCUT2D eigenvalue weighted by Crippen LogP contribution is 2.18. The second-order valence-electron chi connectivity index (χ2n) is 5.35. The van der Waals surface area contributed by atoms with Gasteiger partial charge in [-0.15, -0.1) is 0 Å². The quantitative estimate of drug-likeness (QED) is 0.719. The number of halogens is 1. The number of carbonyl (C=O) groups is 1. The molecule has 0 aliphatic rings. The Bertz CT molecular complexity index is 647. The molecule has 0 aliphatic heterocycles. The molecule has 0 fully saturated rings. The molecule has 0 heterocycles. The molecule has 0 aliphatic carbocycles. The average Bonchev–Trinajstić information content (AvgIpc) is 2.45. The van der Waals surface area contributed by atoms with Crippen molar-refractivity contribution in [2.45, 2.75) is 44.2 Å². The lowest BCUT2D eigenvalue weighted by atomic mass is 10.2. The van der Waals surface area contributed by atoms with E-state index in [9.17, 15) is 17.6 Å². The van der Waals surface area contributed by atoms with Crippen LogP contribution in [0.15, 0.2) is 23.1 Å². The van der Waals surface area contributed by atoms with E-state index in [-0.39, 0.29) is 11.0 Å². The molecule has 8 heteroatoms. The van der Waals surface area contributed by atoms with E-state index in [0.717, 1.165) is 6.07 Å². The lowest BCUT2D eigenvalue weighted by molar-refractivity contribution is -0.149. The minimum Gasteiger partial charge on any atom is -0.462 e. The van der Waals surface area contributed by atoms with E-state index >= 15 is 0 Å². The summed E-state index contributed by atoms with van der Waals surface area (Å²) in [7, 11) is -4.02. The highest BCUT2D eigenvalue weighted by molar-refractivity contribution is 7.98. The lowest BCUT2D eigenvalue weighted by Gasteiger charge is -2.19. The molecule has 0 bridgehead atoms. The van der Waals surface area contributed by atoms with Crippen LogP contribution in [0, 0.1) is 12.7 Å². The number of hydrogen-bond acceptors (Lipinski definition) is 5. The summed E-state index contributed by atoms with van der Waals surface area (Å²) in [6.45, 7) is 4.95. The maximum absolute atomic E-state index is 13.4. The highest BCUT2D eigenvalue weighted by Gasteiger charge is 2.28. The Kier molecular flexibility index (Phi) is 7.50. The van der Waals surface area contributed by atoms with Crippen LogP contribution in [0.4, 0.5) is 4.39 Å². The van der Waals surface area contributed by atoms with Crippen molar-refractivity contribution in [3.8, 4) is 0 Å². The van der Waals surface area contributed by atoms with E-state index in [1.807, 2.05) is 6.26 Å². The predicted molar refractivity (Wildman–Crippen MR) is 89.5 cm³/mol. The molecule has 0 aromatic heterocycles. The van der Waals surface area contributed by atoms with Crippen LogP contribution in [0.25, 0.3) is 0 Å². The molecule has 0 spiro atoms. The number of thioether (sulfide) groups is 1. The Morgan fingerprint density at radius 2 is 2.04 bits per heavy atom. The van der Waals surface area contributed by atoms with Crippen molar-refractivity contribution in [2.24, 2.45) is 0 Å². The van der Waals surface area contributed by atoms with Crippen LogP contribution in [0.3, 0.4) is 0 Å². The van der Waals surface area contributed by atoms with Gasteiger partial charge in [0.25, 0.3) is 0 Å². The number of rotatable bonds is 8. The molecule has 0 amide bonds. The van der Waals surface area contributed by atoms with Gasteiger partial charge in [0.1, 0.15) is 11.9 Å². The smallest absolute Gasteiger partial charge is 0.324 e. The highest BCUT2D eigenvalue weighted by atomic mass is 32.2. The molecule has 5 nitrogen and oxygen atoms in total. The number of sulfonamides is 1. The summed E-state index contributed by atoms with van der Waals surface area (Å²) >= 11 is 1.49. The Morgan fingerprint density at radius 3 is 2.61 bits per heavy atom. The minimum atomic E-state index is -4.02. The van der Waals surface area contributed by atoms with Gasteiger partial charge in [-0.3, -0.25) is 4.79 Å². The van der Waals surface area contributed by atoms with Gasteiger partial charge in [0.05, 0.1) is 11.0 Å². The first-order valence-electron chi connectivity index (χ1n) is 7.15. The van der Waals surface area contributed by atoms with Gasteiger partial charge in [0.2, 0.25) is 10.0 Å². The maximum Gasteiger partial charge on any atom is 0.324 e. The van der Waals surface area contributed by atoms with E-state index in [2.05, 4.69) is 4.72 Å². The van der Waals surface area contributed by atoms with Crippen LogP contribution < -0.4 is 4.72 Å². The summed E-state index contributed by atoms with van der Waals surface area (Å²) < 4.78 is 45.7. The van der Waals surface area contributed by atoms with Crippen molar-refractivity contribution in [3.63, 3.8) is 0 Å². The number of ether oxygens (including phenoxy) is 1. The summed E-state index contributed by atoms with van der Waals surface area (Å²) in [6, 6.07) is 2.51. The van der Waals surface area contributed by atoms with Gasteiger partial charge in [-0.25, -0.2) is 12.8 Å². The number of benzene rings is 1. The average molecular weight is 363 g/mol. The van der Waals surface area contributed by atoms with Gasteiger partial charge in [-0.2, -0.15) is 16.5 Å². The molecule has 1 rings (SSSR count). The first kappa shape index (κ1) is 19.9.